The second kappa shape index (κ2) is 10.2. The number of carbonyl (C=O) groups is 1. The van der Waals surface area contributed by atoms with Gasteiger partial charge in [-0.2, -0.15) is 0 Å². The summed E-state index contributed by atoms with van der Waals surface area (Å²) in [5.74, 6) is 1.37. The lowest BCUT2D eigenvalue weighted by Gasteiger charge is -2.11. The molecule has 2 aromatic carbocycles. The molecule has 4 rings (SSSR count). The SMILES string of the molecule is CC[C@H](C)c1ccc(NC(=O)CSc2nnc(-c3ccncc3)n2-c2ccccc2)cc1. The Hall–Kier alpha value is -3.45. The summed E-state index contributed by atoms with van der Waals surface area (Å²) < 4.78 is 1.97. The summed E-state index contributed by atoms with van der Waals surface area (Å²) in [7, 11) is 0. The van der Waals surface area contributed by atoms with Crippen LogP contribution in [0.5, 0.6) is 0 Å². The highest BCUT2D eigenvalue weighted by Gasteiger charge is 2.17. The number of amides is 1. The monoisotopic (exact) mass is 443 g/mol. The zero-order valence-electron chi connectivity index (χ0n) is 18.1. The lowest BCUT2D eigenvalue weighted by Crippen LogP contribution is -2.14. The standard InChI is InChI=1S/C25H25N5OS/c1-3-18(2)19-9-11-21(12-10-19)27-23(31)17-32-25-29-28-24(20-13-15-26-16-14-20)30(25)22-7-5-4-6-8-22/h4-16,18H,3,17H2,1-2H3,(H,27,31)/t18-/m0/s1. The van der Waals surface area contributed by atoms with Crippen molar-refractivity contribution in [3.05, 3.63) is 84.7 Å². The highest BCUT2D eigenvalue weighted by molar-refractivity contribution is 7.99. The van der Waals surface area contributed by atoms with Gasteiger partial charge in [0, 0.05) is 29.3 Å². The Morgan fingerprint density at radius 3 is 2.41 bits per heavy atom. The van der Waals surface area contributed by atoms with Gasteiger partial charge < -0.3 is 5.32 Å². The molecule has 1 N–H and O–H groups in total. The van der Waals surface area contributed by atoms with E-state index in [1.165, 1.54) is 17.3 Å². The highest BCUT2D eigenvalue weighted by Crippen LogP contribution is 2.28. The highest BCUT2D eigenvalue weighted by atomic mass is 32.2. The summed E-state index contributed by atoms with van der Waals surface area (Å²) >= 11 is 1.36. The number of rotatable bonds is 8. The van der Waals surface area contributed by atoms with Crippen LogP contribution in [-0.2, 0) is 4.79 Å². The van der Waals surface area contributed by atoms with E-state index in [0.29, 0.717) is 16.9 Å². The van der Waals surface area contributed by atoms with E-state index in [-0.39, 0.29) is 11.7 Å². The molecular formula is C25H25N5OS. The minimum atomic E-state index is -0.0839. The Kier molecular flexibility index (Phi) is 6.97. The molecule has 0 aliphatic carbocycles. The zero-order chi connectivity index (χ0) is 22.3. The number of thioether (sulfide) groups is 1. The fourth-order valence-electron chi connectivity index (χ4n) is 3.32. The van der Waals surface area contributed by atoms with Crippen molar-refractivity contribution < 1.29 is 4.79 Å². The first-order valence-corrected chi connectivity index (χ1v) is 11.6. The molecule has 0 saturated carbocycles. The van der Waals surface area contributed by atoms with E-state index < -0.39 is 0 Å². The van der Waals surface area contributed by atoms with Crippen LogP contribution < -0.4 is 5.32 Å². The van der Waals surface area contributed by atoms with Gasteiger partial charge in [-0.25, -0.2) is 0 Å². The van der Waals surface area contributed by atoms with Crippen molar-refractivity contribution in [2.45, 2.75) is 31.3 Å². The van der Waals surface area contributed by atoms with Gasteiger partial charge in [-0.1, -0.05) is 55.9 Å². The molecule has 0 radical (unpaired) electrons. The molecule has 6 nitrogen and oxygen atoms in total. The van der Waals surface area contributed by atoms with E-state index in [1.807, 2.05) is 59.2 Å². The lowest BCUT2D eigenvalue weighted by atomic mass is 9.99. The van der Waals surface area contributed by atoms with E-state index >= 15 is 0 Å². The van der Waals surface area contributed by atoms with Crippen molar-refractivity contribution in [2.24, 2.45) is 0 Å². The first-order valence-electron chi connectivity index (χ1n) is 10.6. The van der Waals surface area contributed by atoms with Crippen molar-refractivity contribution in [1.29, 1.82) is 0 Å². The molecule has 0 fully saturated rings. The largest absolute Gasteiger partial charge is 0.325 e. The number of pyridine rings is 1. The molecule has 0 spiro atoms. The van der Waals surface area contributed by atoms with Crippen molar-refractivity contribution in [2.75, 3.05) is 11.1 Å². The second-order valence-electron chi connectivity index (χ2n) is 7.48. The van der Waals surface area contributed by atoms with Gasteiger partial charge in [0.1, 0.15) is 0 Å². The zero-order valence-corrected chi connectivity index (χ0v) is 18.9. The molecule has 0 unspecified atom stereocenters. The number of hydrogen-bond acceptors (Lipinski definition) is 5. The van der Waals surface area contributed by atoms with E-state index in [2.05, 4.69) is 46.5 Å². The Labute approximate surface area is 192 Å². The van der Waals surface area contributed by atoms with Crippen molar-refractivity contribution in [1.82, 2.24) is 19.7 Å². The third kappa shape index (κ3) is 5.06. The molecule has 1 atom stereocenters. The molecule has 0 bridgehead atoms. The van der Waals surface area contributed by atoms with E-state index in [9.17, 15) is 4.79 Å². The summed E-state index contributed by atoms with van der Waals surface area (Å²) in [5, 5.41) is 12.4. The second-order valence-corrected chi connectivity index (χ2v) is 8.42. The predicted molar refractivity (Wildman–Crippen MR) is 129 cm³/mol. The topological polar surface area (TPSA) is 72.7 Å². The van der Waals surface area contributed by atoms with Crippen LogP contribution in [0, 0.1) is 0 Å². The molecule has 162 valence electrons. The maximum atomic E-state index is 12.6. The van der Waals surface area contributed by atoms with Crippen molar-refractivity contribution >= 4 is 23.4 Å². The number of carbonyl (C=O) groups excluding carboxylic acids is 1. The van der Waals surface area contributed by atoms with E-state index in [1.54, 1.807) is 12.4 Å². The molecular weight excluding hydrogens is 418 g/mol. The summed E-state index contributed by atoms with van der Waals surface area (Å²) in [5.41, 5.74) is 3.92. The minimum absolute atomic E-state index is 0.0839. The lowest BCUT2D eigenvalue weighted by molar-refractivity contribution is -0.113. The molecule has 2 heterocycles. The number of hydrogen-bond donors (Lipinski definition) is 1. The normalized spacial score (nSPS) is 11.8. The smallest absolute Gasteiger partial charge is 0.234 e. The van der Waals surface area contributed by atoms with Crippen LogP contribution in [0.25, 0.3) is 17.1 Å². The van der Waals surface area contributed by atoms with Gasteiger partial charge in [0.2, 0.25) is 5.91 Å². The molecule has 7 heteroatoms. The Balaban J connectivity index is 1.50. The van der Waals surface area contributed by atoms with Gasteiger partial charge >= 0.3 is 0 Å². The summed E-state index contributed by atoms with van der Waals surface area (Å²) in [6.45, 7) is 4.37. The molecule has 4 aromatic rings. The van der Waals surface area contributed by atoms with Gasteiger partial charge in [0.25, 0.3) is 0 Å². The average Bonchev–Trinajstić information content (AvgIpc) is 3.28. The number of nitrogens with one attached hydrogen (secondary N) is 1. The maximum absolute atomic E-state index is 12.6. The van der Waals surface area contributed by atoms with E-state index in [0.717, 1.165) is 23.4 Å². The summed E-state index contributed by atoms with van der Waals surface area (Å²) in [4.78, 5) is 16.7. The number of benzene rings is 2. The van der Waals surface area contributed by atoms with Crippen LogP contribution in [0.4, 0.5) is 5.69 Å². The van der Waals surface area contributed by atoms with Gasteiger partial charge in [-0.3, -0.25) is 14.3 Å². The molecule has 0 aliphatic rings. The quantitative estimate of drug-likeness (QED) is 0.360. The Bertz CT molecular complexity index is 1160. The minimum Gasteiger partial charge on any atom is -0.325 e. The van der Waals surface area contributed by atoms with Crippen molar-refractivity contribution in [3.8, 4) is 17.1 Å². The average molecular weight is 444 g/mol. The summed E-state index contributed by atoms with van der Waals surface area (Å²) in [6.07, 6.45) is 4.55. The first kappa shape index (κ1) is 21.8. The van der Waals surface area contributed by atoms with Crippen LogP contribution in [0.15, 0.2) is 84.3 Å². The number of para-hydroxylation sites is 1. The van der Waals surface area contributed by atoms with Crippen LogP contribution in [0.1, 0.15) is 31.7 Å². The van der Waals surface area contributed by atoms with Crippen molar-refractivity contribution in [3.63, 3.8) is 0 Å². The van der Waals surface area contributed by atoms with Gasteiger partial charge in [0.15, 0.2) is 11.0 Å². The third-order valence-electron chi connectivity index (χ3n) is 5.29. The Morgan fingerprint density at radius 1 is 1.00 bits per heavy atom. The Morgan fingerprint density at radius 2 is 1.72 bits per heavy atom. The predicted octanol–water partition coefficient (Wildman–Crippen LogP) is 5.57. The van der Waals surface area contributed by atoms with Gasteiger partial charge in [0.05, 0.1) is 5.75 Å². The van der Waals surface area contributed by atoms with Crippen LogP contribution >= 0.6 is 11.8 Å². The third-order valence-corrected chi connectivity index (χ3v) is 6.22. The number of nitrogens with zero attached hydrogens (tertiary/aromatic N) is 4. The maximum Gasteiger partial charge on any atom is 0.234 e. The van der Waals surface area contributed by atoms with Crippen LogP contribution in [0.2, 0.25) is 0 Å². The number of anilines is 1. The number of aromatic nitrogens is 4. The van der Waals surface area contributed by atoms with Crippen LogP contribution in [0.3, 0.4) is 0 Å². The summed E-state index contributed by atoms with van der Waals surface area (Å²) in [6, 6.07) is 21.7. The molecule has 0 aliphatic heterocycles. The fraction of sp³-hybridized carbons (Fsp3) is 0.200. The molecule has 32 heavy (non-hydrogen) atoms. The molecule has 1 amide bonds. The van der Waals surface area contributed by atoms with E-state index in [4.69, 9.17) is 0 Å². The van der Waals surface area contributed by atoms with Gasteiger partial charge in [-0.05, 0) is 54.3 Å². The van der Waals surface area contributed by atoms with Crippen LogP contribution in [-0.4, -0.2) is 31.4 Å². The fourth-order valence-corrected chi connectivity index (χ4v) is 4.07. The molecule has 2 aromatic heterocycles. The molecule has 0 saturated heterocycles. The first-order chi connectivity index (χ1) is 15.7. The van der Waals surface area contributed by atoms with Gasteiger partial charge in [-0.15, -0.1) is 10.2 Å².